The lowest BCUT2D eigenvalue weighted by atomic mass is 10.2. The monoisotopic (exact) mass is 450 g/mol. The summed E-state index contributed by atoms with van der Waals surface area (Å²) in [7, 11) is 0. The van der Waals surface area contributed by atoms with Gasteiger partial charge in [-0.2, -0.15) is 5.10 Å². The summed E-state index contributed by atoms with van der Waals surface area (Å²) in [5.41, 5.74) is 4.36. The Balaban J connectivity index is 1.64. The Hall–Kier alpha value is -2.35. The van der Waals surface area contributed by atoms with Gasteiger partial charge in [0.1, 0.15) is 5.03 Å². The standard InChI is InChI=1S/C24H26N4OS2/c1-18-21-22(28(27-18)14-8-9-15-29)25-24(31-17-20-12-6-3-7-13-20)26-23(21)30-16-19-10-4-2-5-11-19/h2-7,10-13,29H,8-9,14-17H2,1H3. The zero-order valence-corrected chi connectivity index (χ0v) is 19.2. The van der Waals surface area contributed by atoms with Crippen molar-refractivity contribution >= 4 is 34.6 Å². The van der Waals surface area contributed by atoms with Gasteiger partial charge in [0.15, 0.2) is 10.8 Å². The third-order valence-electron chi connectivity index (χ3n) is 4.92. The Morgan fingerprint density at radius 1 is 0.839 bits per heavy atom. The van der Waals surface area contributed by atoms with Crippen LogP contribution in [0.15, 0.2) is 70.8 Å². The highest BCUT2D eigenvalue weighted by atomic mass is 32.2. The van der Waals surface area contributed by atoms with E-state index in [1.165, 1.54) is 11.1 Å². The first-order valence-corrected chi connectivity index (χ1v) is 12.4. The number of unbranched alkanes of at least 4 members (excludes halogenated alkanes) is 1. The van der Waals surface area contributed by atoms with Crippen LogP contribution in [0.4, 0.5) is 0 Å². The number of aliphatic hydroxyl groups excluding tert-OH is 1. The van der Waals surface area contributed by atoms with Gasteiger partial charge < -0.3 is 5.11 Å². The van der Waals surface area contributed by atoms with Crippen molar-refractivity contribution in [2.24, 2.45) is 0 Å². The maximum atomic E-state index is 9.15. The van der Waals surface area contributed by atoms with E-state index in [-0.39, 0.29) is 6.61 Å². The highest BCUT2D eigenvalue weighted by Crippen LogP contribution is 2.33. The second-order valence-corrected chi connectivity index (χ2v) is 9.20. The van der Waals surface area contributed by atoms with E-state index in [2.05, 4.69) is 48.5 Å². The van der Waals surface area contributed by atoms with Gasteiger partial charge in [-0.05, 0) is 30.9 Å². The molecule has 0 aliphatic heterocycles. The van der Waals surface area contributed by atoms with E-state index in [1.54, 1.807) is 23.5 Å². The summed E-state index contributed by atoms with van der Waals surface area (Å²) < 4.78 is 1.97. The van der Waals surface area contributed by atoms with E-state index in [1.807, 2.05) is 23.7 Å². The number of nitrogens with zero attached hydrogens (tertiary/aromatic N) is 4. The summed E-state index contributed by atoms with van der Waals surface area (Å²) >= 11 is 3.39. The quantitative estimate of drug-likeness (QED) is 0.149. The summed E-state index contributed by atoms with van der Waals surface area (Å²) in [6, 6.07) is 20.8. The van der Waals surface area contributed by atoms with Crippen LogP contribution in [-0.2, 0) is 18.1 Å². The fourth-order valence-corrected chi connectivity index (χ4v) is 5.22. The molecule has 7 heteroatoms. The molecule has 5 nitrogen and oxygen atoms in total. The zero-order valence-electron chi connectivity index (χ0n) is 17.6. The normalized spacial score (nSPS) is 11.3. The van der Waals surface area contributed by atoms with Crippen LogP contribution in [0.25, 0.3) is 11.0 Å². The van der Waals surface area contributed by atoms with Gasteiger partial charge in [-0.15, -0.1) is 11.8 Å². The Bertz CT molecular complexity index is 1120. The Morgan fingerprint density at radius 2 is 1.48 bits per heavy atom. The number of aryl methyl sites for hydroxylation is 2. The first kappa shape index (κ1) is 21.9. The third-order valence-corrected chi connectivity index (χ3v) is 6.89. The van der Waals surface area contributed by atoms with Gasteiger partial charge in [0.2, 0.25) is 0 Å². The number of aromatic nitrogens is 4. The average Bonchev–Trinajstić information content (AvgIpc) is 3.13. The molecular formula is C24H26N4OS2. The SMILES string of the molecule is Cc1nn(CCCCO)c2nc(SCc3ccccc3)nc(SCc3ccccc3)c12. The van der Waals surface area contributed by atoms with Gasteiger partial charge in [0, 0.05) is 24.7 Å². The minimum absolute atomic E-state index is 0.198. The molecule has 2 heterocycles. The molecular weight excluding hydrogens is 424 g/mol. The molecule has 31 heavy (non-hydrogen) atoms. The minimum atomic E-state index is 0.198. The first-order chi connectivity index (χ1) is 15.2. The molecule has 0 saturated heterocycles. The molecule has 0 fully saturated rings. The lowest BCUT2D eigenvalue weighted by Crippen LogP contribution is -2.03. The Labute approximate surface area is 191 Å². The topological polar surface area (TPSA) is 63.8 Å². The van der Waals surface area contributed by atoms with Gasteiger partial charge >= 0.3 is 0 Å². The lowest BCUT2D eigenvalue weighted by molar-refractivity contribution is 0.280. The van der Waals surface area contributed by atoms with Crippen LogP contribution in [0.3, 0.4) is 0 Å². The highest BCUT2D eigenvalue weighted by molar-refractivity contribution is 7.99. The molecule has 0 amide bonds. The van der Waals surface area contributed by atoms with E-state index in [9.17, 15) is 0 Å². The third kappa shape index (κ3) is 5.67. The number of benzene rings is 2. The van der Waals surface area contributed by atoms with Gasteiger partial charge in [-0.3, -0.25) is 0 Å². The van der Waals surface area contributed by atoms with E-state index in [0.29, 0.717) is 0 Å². The molecule has 0 aliphatic carbocycles. The smallest absolute Gasteiger partial charge is 0.191 e. The van der Waals surface area contributed by atoms with E-state index < -0.39 is 0 Å². The molecule has 0 aliphatic rings. The predicted octanol–water partition coefficient (Wildman–Crippen LogP) is 5.49. The molecule has 0 bridgehead atoms. The highest BCUT2D eigenvalue weighted by Gasteiger charge is 2.17. The predicted molar refractivity (Wildman–Crippen MR) is 128 cm³/mol. The average molecular weight is 451 g/mol. The molecule has 160 valence electrons. The van der Waals surface area contributed by atoms with Crippen molar-refractivity contribution in [2.75, 3.05) is 6.61 Å². The van der Waals surface area contributed by atoms with Crippen molar-refractivity contribution in [2.45, 2.75) is 48.0 Å². The molecule has 2 aromatic carbocycles. The van der Waals surface area contributed by atoms with E-state index >= 15 is 0 Å². The Kier molecular flexibility index (Phi) is 7.61. The number of rotatable bonds is 10. The second-order valence-electron chi connectivity index (χ2n) is 7.30. The van der Waals surface area contributed by atoms with Crippen molar-refractivity contribution in [3.8, 4) is 0 Å². The molecule has 1 N–H and O–H groups in total. The van der Waals surface area contributed by atoms with Crippen molar-refractivity contribution in [1.29, 1.82) is 0 Å². The van der Waals surface area contributed by atoms with Crippen LogP contribution in [-0.4, -0.2) is 31.5 Å². The van der Waals surface area contributed by atoms with Crippen LogP contribution in [0, 0.1) is 6.92 Å². The number of hydrogen-bond acceptors (Lipinski definition) is 6. The second kappa shape index (κ2) is 10.8. The summed E-state index contributed by atoms with van der Waals surface area (Å²) in [6.45, 7) is 2.97. The van der Waals surface area contributed by atoms with Crippen molar-refractivity contribution < 1.29 is 5.11 Å². The lowest BCUT2D eigenvalue weighted by Gasteiger charge is -2.08. The van der Waals surface area contributed by atoms with Gasteiger partial charge in [-0.1, -0.05) is 72.4 Å². The summed E-state index contributed by atoms with van der Waals surface area (Å²) in [4.78, 5) is 9.81. The van der Waals surface area contributed by atoms with Crippen LogP contribution in [0.1, 0.15) is 29.7 Å². The summed E-state index contributed by atoms with van der Waals surface area (Å²) in [5, 5.41) is 16.7. The largest absolute Gasteiger partial charge is 0.396 e. The molecule has 0 spiro atoms. The van der Waals surface area contributed by atoms with Gasteiger partial charge in [0.05, 0.1) is 11.1 Å². The summed E-state index contributed by atoms with van der Waals surface area (Å²) in [6.07, 6.45) is 1.63. The fraction of sp³-hybridized carbons (Fsp3) is 0.292. The fourth-order valence-electron chi connectivity index (χ4n) is 3.34. The van der Waals surface area contributed by atoms with Crippen molar-refractivity contribution in [3.05, 3.63) is 77.5 Å². The minimum Gasteiger partial charge on any atom is -0.396 e. The Morgan fingerprint density at radius 3 is 2.13 bits per heavy atom. The number of aliphatic hydroxyl groups is 1. The number of hydrogen-bond donors (Lipinski definition) is 1. The maximum Gasteiger partial charge on any atom is 0.191 e. The molecule has 0 unspecified atom stereocenters. The maximum absolute atomic E-state index is 9.15. The van der Waals surface area contributed by atoms with Gasteiger partial charge in [0.25, 0.3) is 0 Å². The van der Waals surface area contributed by atoms with E-state index in [4.69, 9.17) is 20.2 Å². The van der Waals surface area contributed by atoms with Crippen LogP contribution < -0.4 is 0 Å². The first-order valence-electron chi connectivity index (χ1n) is 10.4. The molecule has 0 saturated carbocycles. The zero-order chi connectivity index (χ0) is 21.5. The molecule has 0 radical (unpaired) electrons. The molecule has 4 aromatic rings. The van der Waals surface area contributed by atoms with Crippen LogP contribution in [0.5, 0.6) is 0 Å². The molecule has 2 aromatic heterocycles. The van der Waals surface area contributed by atoms with Gasteiger partial charge in [-0.25, -0.2) is 14.6 Å². The molecule has 4 rings (SSSR count). The van der Waals surface area contributed by atoms with Crippen molar-refractivity contribution in [1.82, 2.24) is 19.7 Å². The number of thioether (sulfide) groups is 2. The van der Waals surface area contributed by atoms with Crippen molar-refractivity contribution in [3.63, 3.8) is 0 Å². The molecule has 0 atom stereocenters. The van der Waals surface area contributed by atoms with Crippen LogP contribution >= 0.6 is 23.5 Å². The van der Waals surface area contributed by atoms with E-state index in [0.717, 1.165) is 57.8 Å². The number of fused-ring (bicyclic) bond motifs is 1. The van der Waals surface area contributed by atoms with Crippen LogP contribution in [0.2, 0.25) is 0 Å². The summed E-state index contributed by atoms with van der Waals surface area (Å²) in [5.74, 6) is 1.68.